The number of amides is 2. The highest BCUT2D eigenvalue weighted by molar-refractivity contribution is 8.00. The van der Waals surface area contributed by atoms with Crippen molar-refractivity contribution >= 4 is 23.5 Å². The number of carbonyl (C=O) groups excluding carboxylic acids is 1. The van der Waals surface area contributed by atoms with E-state index in [1.54, 1.807) is 18.1 Å². The maximum Gasteiger partial charge on any atom is 0.446 e. The van der Waals surface area contributed by atoms with Crippen LogP contribution in [0.2, 0.25) is 0 Å². The minimum Gasteiger partial charge on any atom is -0.497 e. The molecule has 2 aromatic rings. The fraction of sp³-hybridized carbons (Fsp3) is 0.350. The smallest absolute Gasteiger partial charge is 0.446 e. The Morgan fingerprint density at radius 2 is 1.89 bits per heavy atom. The predicted molar refractivity (Wildman–Crippen MR) is 106 cm³/mol. The van der Waals surface area contributed by atoms with Crippen molar-refractivity contribution in [3.05, 3.63) is 54.1 Å². The average molecular weight is 412 g/mol. The first-order valence-electron chi connectivity index (χ1n) is 8.78. The lowest BCUT2D eigenvalue weighted by Gasteiger charge is -2.28. The molecular formula is C20H23F3N2O2S. The van der Waals surface area contributed by atoms with Crippen LogP contribution in [0.15, 0.2) is 53.4 Å². The van der Waals surface area contributed by atoms with Gasteiger partial charge >= 0.3 is 11.5 Å². The molecule has 0 aliphatic rings. The van der Waals surface area contributed by atoms with Crippen LogP contribution < -0.4 is 10.1 Å². The Morgan fingerprint density at radius 1 is 1.21 bits per heavy atom. The monoisotopic (exact) mass is 412 g/mol. The third-order valence-corrected chi connectivity index (χ3v) is 4.86. The molecule has 0 aliphatic heterocycles. The number of thioether (sulfide) groups is 1. The van der Waals surface area contributed by atoms with Crippen LogP contribution in [0.5, 0.6) is 5.75 Å². The number of halogens is 3. The van der Waals surface area contributed by atoms with Crippen molar-refractivity contribution in [2.75, 3.05) is 19.0 Å². The molecule has 152 valence electrons. The summed E-state index contributed by atoms with van der Waals surface area (Å²) in [5.41, 5.74) is -2.98. The van der Waals surface area contributed by atoms with Crippen molar-refractivity contribution in [3.8, 4) is 5.75 Å². The Kier molecular flexibility index (Phi) is 7.62. The number of methoxy groups -OCH3 is 1. The molecule has 2 aromatic carbocycles. The summed E-state index contributed by atoms with van der Waals surface area (Å²) in [5, 5.41) is 2.69. The van der Waals surface area contributed by atoms with Crippen LogP contribution in [0.4, 0.5) is 23.7 Å². The first kappa shape index (κ1) is 21.9. The van der Waals surface area contributed by atoms with Gasteiger partial charge in [-0.15, -0.1) is 0 Å². The Labute approximate surface area is 167 Å². The van der Waals surface area contributed by atoms with E-state index in [-0.39, 0.29) is 28.7 Å². The Balaban J connectivity index is 2.02. The second-order valence-electron chi connectivity index (χ2n) is 6.19. The van der Waals surface area contributed by atoms with Gasteiger partial charge in [-0.25, -0.2) is 4.79 Å². The molecule has 0 radical (unpaired) electrons. The zero-order valence-corrected chi connectivity index (χ0v) is 16.7. The van der Waals surface area contributed by atoms with E-state index in [0.717, 1.165) is 11.3 Å². The molecule has 4 nitrogen and oxygen atoms in total. The zero-order chi connectivity index (χ0) is 20.7. The zero-order valence-electron chi connectivity index (χ0n) is 15.9. The highest BCUT2D eigenvalue weighted by Crippen LogP contribution is 2.37. The van der Waals surface area contributed by atoms with Gasteiger partial charge in [0, 0.05) is 23.2 Å². The SMILES string of the molecule is CCN(C(=O)Nc1cccc(SC(F)(F)F)c1)C(C)Cc1ccc(OC)cc1. The predicted octanol–water partition coefficient (Wildman–Crippen LogP) is 5.79. The summed E-state index contributed by atoms with van der Waals surface area (Å²) < 4.78 is 42.8. The maximum atomic E-state index is 12.6. The molecule has 2 amide bonds. The van der Waals surface area contributed by atoms with Gasteiger partial charge < -0.3 is 15.0 Å². The quantitative estimate of drug-likeness (QED) is 0.585. The Hall–Kier alpha value is -2.35. The lowest BCUT2D eigenvalue weighted by Crippen LogP contribution is -2.42. The van der Waals surface area contributed by atoms with Crippen molar-refractivity contribution in [1.82, 2.24) is 4.90 Å². The van der Waals surface area contributed by atoms with Crippen LogP contribution in [-0.2, 0) is 6.42 Å². The third-order valence-electron chi connectivity index (χ3n) is 4.14. The van der Waals surface area contributed by atoms with E-state index in [1.165, 1.54) is 18.2 Å². The van der Waals surface area contributed by atoms with Gasteiger partial charge in [0.25, 0.3) is 0 Å². The van der Waals surface area contributed by atoms with Crippen LogP contribution in [0.1, 0.15) is 19.4 Å². The van der Waals surface area contributed by atoms with Crippen molar-refractivity contribution in [2.24, 2.45) is 0 Å². The molecule has 0 fully saturated rings. The molecule has 0 saturated heterocycles. The van der Waals surface area contributed by atoms with Gasteiger partial charge in [-0.2, -0.15) is 13.2 Å². The van der Waals surface area contributed by atoms with Gasteiger partial charge in [-0.05, 0) is 67.9 Å². The van der Waals surface area contributed by atoms with E-state index in [2.05, 4.69) is 5.32 Å². The summed E-state index contributed by atoms with van der Waals surface area (Å²) in [5.74, 6) is 0.762. The van der Waals surface area contributed by atoms with Gasteiger partial charge in [0.1, 0.15) is 5.75 Å². The second kappa shape index (κ2) is 9.73. The number of ether oxygens (including phenoxy) is 1. The summed E-state index contributed by atoms with van der Waals surface area (Å²) in [7, 11) is 1.60. The van der Waals surface area contributed by atoms with Crippen molar-refractivity contribution < 1.29 is 22.7 Å². The summed E-state index contributed by atoms with van der Waals surface area (Å²) in [4.78, 5) is 14.3. The fourth-order valence-electron chi connectivity index (χ4n) is 2.83. The number of rotatable bonds is 7. The van der Waals surface area contributed by atoms with E-state index in [0.29, 0.717) is 18.7 Å². The van der Waals surface area contributed by atoms with Gasteiger partial charge in [-0.1, -0.05) is 18.2 Å². The summed E-state index contributed by atoms with van der Waals surface area (Å²) >= 11 is -0.208. The average Bonchev–Trinajstić information content (AvgIpc) is 2.61. The lowest BCUT2D eigenvalue weighted by atomic mass is 10.1. The van der Waals surface area contributed by atoms with Gasteiger partial charge in [0.15, 0.2) is 0 Å². The highest BCUT2D eigenvalue weighted by atomic mass is 32.2. The minimum absolute atomic E-state index is 0.0274. The number of benzene rings is 2. The molecular weight excluding hydrogens is 389 g/mol. The first-order chi connectivity index (χ1) is 13.2. The number of nitrogens with zero attached hydrogens (tertiary/aromatic N) is 1. The van der Waals surface area contributed by atoms with Crippen molar-refractivity contribution in [2.45, 2.75) is 36.7 Å². The summed E-state index contributed by atoms with van der Waals surface area (Å²) in [6.07, 6.45) is 0.648. The molecule has 0 spiro atoms. The van der Waals surface area contributed by atoms with E-state index in [1.807, 2.05) is 38.1 Å². The van der Waals surface area contributed by atoms with Crippen LogP contribution in [0.3, 0.4) is 0 Å². The number of urea groups is 1. The van der Waals surface area contributed by atoms with Crippen LogP contribution >= 0.6 is 11.8 Å². The molecule has 28 heavy (non-hydrogen) atoms. The van der Waals surface area contributed by atoms with Crippen LogP contribution in [0, 0.1) is 0 Å². The van der Waals surface area contributed by atoms with Crippen molar-refractivity contribution in [1.29, 1.82) is 0 Å². The van der Waals surface area contributed by atoms with Gasteiger partial charge in [0.2, 0.25) is 0 Å². The molecule has 0 aromatic heterocycles. The lowest BCUT2D eigenvalue weighted by molar-refractivity contribution is -0.0328. The number of likely N-dealkylation sites (N-methyl/N-ethyl adjacent to an activating group) is 1. The largest absolute Gasteiger partial charge is 0.497 e. The molecule has 0 saturated carbocycles. The first-order valence-corrected chi connectivity index (χ1v) is 9.60. The van der Waals surface area contributed by atoms with E-state index in [9.17, 15) is 18.0 Å². The molecule has 2 rings (SSSR count). The maximum absolute atomic E-state index is 12.6. The number of hydrogen-bond acceptors (Lipinski definition) is 3. The highest BCUT2D eigenvalue weighted by Gasteiger charge is 2.29. The number of anilines is 1. The second-order valence-corrected chi connectivity index (χ2v) is 7.33. The minimum atomic E-state index is -4.37. The molecule has 8 heteroatoms. The number of nitrogens with one attached hydrogen (secondary N) is 1. The standard InChI is InChI=1S/C20H23F3N2O2S/c1-4-25(14(2)12-15-8-10-17(27-3)11-9-15)19(26)24-16-6-5-7-18(13-16)28-20(21,22)23/h5-11,13-14H,4,12H2,1-3H3,(H,24,26). The molecule has 0 aliphatic carbocycles. The van der Waals surface area contributed by atoms with Gasteiger partial charge in [0.05, 0.1) is 7.11 Å². The third kappa shape index (κ3) is 6.67. The van der Waals surface area contributed by atoms with Crippen LogP contribution in [-0.4, -0.2) is 36.1 Å². The number of alkyl halides is 3. The summed E-state index contributed by atoms with van der Waals surface area (Å²) in [6.45, 7) is 4.27. The fourth-order valence-corrected chi connectivity index (χ4v) is 3.43. The summed E-state index contributed by atoms with van der Waals surface area (Å²) in [6, 6.07) is 12.9. The molecule has 1 N–H and O–H groups in total. The molecule has 0 heterocycles. The topological polar surface area (TPSA) is 41.6 Å². The molecule has 1 unspecified atom stereocenters. The number of carbonyl (C=O) groups is 1. The van der Waals surface area contributed by atoms with E-state index < -0.39 is 5.51 Å². The molecule has 1 atom stereocenters. The Morgan fingerprint density at radius 3 is 2.46 bits per heavy atom. The Bertz CT molecular complexity index is 782. The van der Waals surface area contributed by atoms with E-state index in [4.69, 9.17) is 4.74 Å². The normalized spacial score (nSPS) is 12.4. The van der Waals surface area contributed by atoms with Gasteiger partial charge in [-0.3, -0.25) is 0 Å². The molecule has 0 bridgehead atoms. The van der Waals surface area contributed by atoms with E-state index >= 15 is 0 Å². The van der Waals surface area contributed by atoms with Crippen molar-refractivity contribution in [3.63, 3.8) is 0 Å². The number of hydrogen-bond donors (Lipinski definition) is 1. The van der Waals surface area contributed by atoms with Crippen LogP contribution in [0.25, 0.3) is 0 Å².